The van der Waals surface area contributed by atoms with E-state index in [0.717, 1.165) is 11.1 Å². The minimum absolute atomic E-state index is 0.274. The van der Waals surface area contributed by atoms with E-state index in [0.29, 0.717) is 24.5 Å². The Hall–Kier alpha value is -2.04. The maximum absolute atomic E-state index is 9.61. The van der Waals surface area contributed by atoms with Gasteiger partial charge < -0.3 is 19.7 Å². The van der Waals surface area contributed by atoms with Gasteiger partial charge in [0.25, 0.3) is 0 Å². The van der Waals surface area contributed by atoms with Crippen LogP contribution < -0.4 is 9.47 Å². The van der Waals surface area contributed by atoms with E-state index in [-0.39, 0.29) is 6.61 Å². The molecule has 0 radical (unpaired) electrons. The third kappa shape index (κ3) is 4.48. The van der Waals surface area contributed by atoms with Crippen LogP contribution in [0.4, 0.5) is 0 Å². The second kappa shape index (κ2) is 7.67. The highest BCUT2D eigenvalue weighted by Gasteiger charge is 2.11. The minimum atomic E-state index is -0.794. The number of aliphatic hydroxyl groups is 2. The number of ether oxygens (including phenoxy) is 2. The van der Waals surface area contributed by atoms with Gasteiger partial charge in [-0.05, 0) is 17.2 Å². The van der Waals surface area contributed by atoms with Crippen molar-refractivity contribution in [2.24, 2.45) is 0 Å². The molecule has 0 saturated heterocycles. The van der Waals surface area contributed by atoms with Gasteiger partial charge in [-0.2, -0.15) is 0 Å². The van der Waals surface area contributed by atoms with Gasteiger partial charge in [0.2, 0.25) is 0 Å². The van der Waals surface area contributed by atoms with Crippen LogP contribution in [-0.4, -0.2) is 30.0 Å². The molecular formula is C17H20O4. The fourth-order valence-electron chi connectivity index (χ4n) is 2.02. The van der Waals surface area contributed by atoms with Gasteiger partial charge >= 0.3 is 0 Å². The van der Waals surface area contributed by atoms with Gasteiger partial charge in [0, 0.05) is 12.5 Å². The van der Waals surface area contributed by atoms with Crippen molar-refractivity contribution in [1.82, 2.24) is 0 Å². The highest BCUT2D eigenvalue weighted by atomic mass is 16.5. The van der Waals surface area contributed by atoms with Crippen molar-refractivity contribution < 1.29 is 19.7 Å². The van der Waals surface area contributed by atoms with Crippen molar-refractivity contribution in [2.75, 3.05) is 13.7 Å². The molecule has 0 heterocycles. The molecule has 0 aliphatic rings. The van der Waals surface area contributed by atoms with Crippen molar-refractivity contribution in [3.8, 4) is 11.5 Å². The first-order chi connectivity index (χ1) is 10.2. The monoisotopic (exact) mass is 288 g/mol. The second-order valence-electron chi connectivity index (χ2n) is 4.79. The standard InChI is InChI=1S/C17H20O4/c1-20-16-8-7-14(9-15(19)11-18)17(10-16)21-12-13-5-3-2-4-6-13/h2-8,10,15,18-19H,9,11-12H2,1H3/t15-/m1/s1. The predicted molar refractivity (Wildman–Crippen MR) is 80.6 cm³/mol. The molecule has 1 atom stereocenters. The second-order valence-corrected chi connectivity index (χ2v) is 4.79. The van der Waals surface area contributed by atoms with Crippen LogP contribution in [0, 0.1) is 0 Å². The average Bonchev–Trinajstić information content (AvgIpc) is 2.54. The SMILES string of the molecule is COc1ccc(C[C@@H](O)CO)c(OCc2ccccc2)c1. The van der Waals surface area contributed by atoms with Crippen molar-refractivity contribution in [3.63, 3.8) is 0 Å². The van der Waals surface area contributed by atoms with Gasteiger partial charge in [-0.3, -0.25) is 0 Å². The van der Waals surface area contributed by atoms with Gasteiger partial charge in [0.05, 0.1) is 19.8 Å². The lowest BCUT2D eigenvalue weighted by Crippen LogP contribution is -2.15. The molecule has 0 spiro atoms. The Morgan fingerprint density at radius 2 is 1.86 bits per heavy atom. The normalized spacial score (nSPS) is 12.0. The lowest BCUT2D eigenvalue weighted by Gasteiger charge is -2.15. The van der Waals surface area contributed by atoms with Crippen LogP contribution >= 0.6 is 0 Å². The molecule has 2 rings (SSSR count). The molecular weight excluding hydrogens is 268 g/mol. The Balaban J connectivity index is 2.14. The number of methoxy groups -OCH3 is 1. The molecule has 0 aromatic heterocycles. The number of hydrogen-bond acceptors (Lipinski definition) is 4. The van der Waals surface area contributed by atoms with Crippen LogP contribution in [0.15, 0.2) is 48.5 Å². The summed E-state index contributed by atoms with van der Waals surface area (Å²) >= 11 is 0. The Morgan fingerprint density at radius 3 is 2.52 bits per heavy atom. The van der Waals surface area contributed by atoms with E-state index in [2.05, 4.69) is 0 Å². The summed E-state index contributed by atoms with van der Waals surface area (Å²) < 4.78 is 11.0. The third-order valence-corrected chi connectivity index (χ3v) is 3.18. The smallest absolute Gasteiger partial charge is 0.126 e. The summed E-state index contributed by atoms with van der Waals surface area (Å²) in [5.74, 6) is 1.35. The van der Waals surface area contributed by atoms with E-state index in [4.69, 9.17) is 14.6 Å². The average molecular weight is 288 g/mol. The van der Waals surface area contributed by atoms with Crippen LogP contribution in [0.2, 0.25) is 0 Å². The molecule has 112 valence electrons. The van der Waals surface area contributed by atoms with Crippen LogP contribution in [0.1, 0.15) is 11.1 Å². The van der Waals surface area contributed by atoms with Gasteiger partial charge in [-0.1, -0.05) is 36.4 Å². The summed E-state index contributed by atoms with van der Waals surface area (Å²) in [7, 11) is 1.60. The molecule has 0 unspecified atom stereocenters. The lowest BCUT2D eigenvalue weighted by molar-refractivity contribution is 0.0947. The zero-order valence-corrected chi connectivity index (χ0v) is 12.0. The first-order valence-electron chi connectivity index (χ1n) is 6.85. The maximum Gasteiger partial charge on any atom is 0.126 e. The van der Waals surface area contributed by atoms with E-state index in [9.17, 15) is 5.11 Å². The van der Waals surface area contributed by atoms with Crippen LogP contribution in [0.25, 0.3) is 0 Å². The molecule has 4 nitrogen and oxygen atoms in total. The summed E-state index contributed by atoms with van der Waals surface area (Å²) in [4.78, 5) is 0. The molecule has 2 aromatic rings. The summed E-state index contributed by atoms with van der Waals surface area (Å²) in [6, 6.07) is 15.3. The quantitative estimate of drug-likeness (QED) is 0.820. The highest BCUT2D eigenvalue weighted by Crippen LogP contribution is 2.26. The minimum Gasteiger partial charge on any atom is -0.497 e. The topological polar surface area (TPSA) is 58.9 Å². The van der Waals surface area contributed by atoms with Crippen LogP contribution in [0.5, 0.6) is 11.5 Å². The third-order valence-electron chi connectivity index (χ3n) is 3.18. The number of benzene rings is 2. The Bertz CT molecular complexity index is 554. The first kappa shape index (κ1) is 15.4. The fraction of sp³-hybridized carbons (Fsp3) is 0.294. The molecule has 0 amide bonds. The van der Waals surface area contributed by atoms with E-state index in [1.165, 1.54) is 0 Å². The van der Waals surface area contributed by atoms with Crippen molar-refractivity contribution in [3.05, 3.63) is 59.7 Å². The molecule has 0 aliphatic carbocycles. The molecule has 2 N–H and O–H groups in total. The zero-order valence-electron chi connectivity index (χ0n) is 12.0. The van der Waals surface area contributed by atoms with Crippen LogP contribution in [-0.2, 0) is 13.0 Å². The van der Waals surface area contributed by atoms with Crippen molar-refractivity contribution in [2.45, 2.75) is 19.1 Å². The zero-order chi connectivity index (χ0) is 15.1. The van der Waals surface area contributed by atoms with Crippen LogP contribution in [0.3, 0.4) is 0 Å². The first-order valence-corrected chi connectivity index (χ1v) is 6.85. The molecule has 4 heteroatoms. The van der Waals surface area contributed by atoms with Crippen molar-refractivity contribution in [1.29, 1.82) is 0 Å². The van der Waals surface area contributed by atoms with Crippen molar-refractivity contribution >= 4 is 0 Å². The largest absolute Gasteiger partial charge is 0.497 e. The fourth-order valence-corrected chi connectivity index (χ4v) is 2.02. The highest BCUT2D eigenvalue weighted by molar-refractivity contribution is 5.41. The van der Waals surface area contributed by atoms with E-state index in [1.54, 1.807) is 13.2 Å². The van der Waals surface area contributed by atoms with Gasteiger partial charge in [-0.25, -0.2) is 0 Å². The number of hydrogen-bond donors (Lipinski definition) is 2. The number of rotatable bonds is 7. The Labute approximate surface area is 124 Å². The van der Waals surface area contributed by atoms with Gasteiger partial charge in [0.15, 0.2) is 0 Å². The summed E-state index contributed by atoms with van der Waals surface area (Å²) in [5, 5.41) is 18.6. The summed E-state index contributed by atoms with van der Waals surface area (Å²) in [6.07, 6.45) is -0.456. The van der Waals surface area contributed by atoms with Gasteiger partial charge in [-0.15, -0.1) is 0 Å². The summed E-state index contributed by atoms with van der Waals surface area (Å²) in [6.45, 7) is 0.167. The van der Waals surface area contributed by atoms with E-state index >= 15 is 0 Å². The predicted octanol–water partition coefficient (Wildman–Crippen LogP) is 2.17. The van der Waals surface area contributed by atoms with E-state index in [1.807, 2.05) is 42.5 Å². The molecule has 21 heavy (non-hydrogen) atoms. The maximum atomic E-state index is 9.61. The van der Waals surface area contributed by atoms with Gasteiger partial charge in [0.1, 0.15) is 18.1 Å². The Morgan fingerprint density at radius 1 is 1.10 bits per heavy atom. The molecule has 0 bridgehead atoms. The molecule has 0 saturated carbocycles. The molecule has 0 fully saturated rings. The molecule has 0 aliphatic heterocycles. The van der Waals surface area contributed by atoms with E-state index < -0.39 is 6.10 Å². The summed E-state index contributed by atoms with van der Waals surface area (Å²) in [5.41, 5.74) is 1.90. The lowest BCUT2D eigenvalue weighted by atomic mass is 10.1. The Kier molecular flexibility index (Phi) is 5.60. The number of aliphatic hydroxyl groups excluding tert-OH is 2. The molecule has 2 aromatic carbocycles.